The molecule has 116 valence electrons. The second kappa shape index (κ2) is 6.92. The number of ether oxygens (including phenoxy) is 3. The van der Waals surface area contributed by atoms with Crippen LogP contribution in [0.25, 0.3) is 0 Å². The molecule has 0 radical (unpaired) electrons. The standard InChI is InChI=1S/C14H25NO5/c1-6-7-19-10-8-11(12(16)18-5)15(9-10)13(17)20-14(2,3)4/h10-11H,6-9H2,1-5H3/t10-,11-/m1/s1. The van der Waals surface area contributed by atoms with E-state index in [-0.39, 0.29) is 6.10 Å². The van der Waals surface area contributed by atoms with Crippen molar-refractivity contribution in [3.05, 3.63) is 0 Å². The first-order chi connectivity index (χ1) is 9.28. The van der Waals surface area contributed by atoms with E-state index in [1.165, 1.54) is 12.0 Å². The number of rotatable bonds is 4. The molecule has 0 aliphatic carbocycles. The van der Waals surface area contributed by atoms with Gasteiger partial charge in [0.05, 0.1) is 19.8 Å². The third-order valence-electron chi connectivity index (χ3n) is 2.92. The molecule has 0 aromatic rings. The lowest BCUT2D eigenvalue weighted by molar-refractivity contribution is -0.145. The molecule has 2 atom stereocenters. The van der Waals surface area contributed by atoms with Gasteiger partial charge in [-0.1, -0.05) is 6.92 Å². The van der Waals surface area contributed by atoms with Crippen molar-refractivity contribution < 1.29 is 23.8 Å². The van der Waals surface area contributed by atoms with Gasteiger partial charge in [-0.2, -0.15) is 0 Å². The predicted octanol–water partition coefficient (Wildman–Crippen LogP) is 1.96. The van der Waals surface area contributed by atoms with E-state index in [0.29, 0.717) is 19.6 Å². The van der Waals surface area contributed by atoms with Gasteiger partial charge in [0, 0.05) is 13.0 Å². The number of methoxy groups -OCH3 is 1. The number of esters is 1. The Morgan fingerprint density at radius 1 is 1.30 bits per heavy atom. The summed E-state index contributed by atoms with van der Waals surface area (Å²) in [6.45, 7) is 8.35. The van der Waals surface area contributed by atoms with Crippen LogP contribution in [0.4, 0.5) is 4.79 Å². The van der Waals surface area contributed by atoms with Crippen LogP contribution in [0.2, 0.25) is 0 Å². The predicted molar refractivity (Wildman–Crippen MR) is 73.4 cm³/mol. The van der Waals surface area contributed by atoms with E-state index in [2.05, 4.69) is 0 Å². The van der Waals surface area contributed by atoms with Gasteiger partial charge in [-0.25, -0.2) is 9.59 Å². The Bertz CT molecular complexity index is 350. The second-order valence-electron chi connectivity index (χ2n) is 5.90. The van der Waals surface area contributed by atoms with Crippen LogP contribution in [0.1, 0.15) is 40.5 Å². The van der Waals surface area contributed by atoms with Crippen molar-refractivity contribution in [1.29, 1.82) is 0 Å². The van der Waals surface area contributed by atoms with Gasteiger partial charge in [-0.15, -0.1) is 0 Å². The molecule has 1 aliphatic rings. The molecule has 0 saturated carbocycles. The Morgan fingerprint density at radius 3 is 2.45 bits per heavy atom. The van der Waals surface area contributed by atoms with Gasteiger partial charge in [0.2, 0.25) is 0 Å². The number of nitrogens with zero attached hydrogens (tertiary/aromatic N) is 1. The highest BCUT2D eigenvalue weighted by Crippen LogP contribution is 2.24. The lowest BCUT2D eigenvalue weighted by Crippen LogP contribution is -2.44. The third-order valence-corrected chi connectivity index (χ3v) is 2.92. The monoisotopic (exact) mass is 287 g/mol. The van der Waals surface area contributed by atoms with Crippen molar-refractivity contribution in [2.45, 2.75) is 58.3 Å². The Labute approximate surface area is 120 Å². The van der Waals surface area contributed by atoms with Crippen LogP contribution in [0.5, 0.6) is 0 Å². The molecule has 0 aromatic carbocycles. The van der Waals surface area contributed by atoms with Gasteiger partial charge in [0.25, 0.3) is 0 Å². The smallest absolute Gasteiger partial charge is 0.411 e. The average molecular weight is 287 g/mol. The highest BCUT2D eigenvalue weighted by molar-refractivity contribution is 5.82. The van der Waals surface area contributed by atoms with Crippen LogP contribution >= 0.6 is 0 Å². The van der Waals surface area contributed by atoms with Gasteiger partial charge in [0.1, 0.15) is 11.6 Å². The summed E-state index contributed by atoms with van der Waals surface area (Å²) in [7, 11) is 1.32. The van der Waals surface area contributed by atoms with E-state index in [9.17, 15) is 9.59 Å². The largest absolute Gasteiger partial charge is 0.467 e. The van der Waals surface area contributed by atoms with E-state index in [1.54, 1.807) is 20.8 Å². The summed E-state index contributed by atoms with van der Waals surface area (Å²) in [4.78, 5) is 25.3. The van der Waals surface area contributed by atoms with Crippen LogP contribution < -0.4 is 0 Å². The fourth-order valence-electron chi connectivity index (χ4n) is 2.08. The SMILES string of the molecule is CCCO[C@@H]1C[C@H](C(=O)OC)N(C(=O)OC(C)(C)C)C1. The lowest BCUT2D eigenvalue weighted by Gasteiger charge is -2.27. The maximum Gasteiger partial charge on any atom is 0.411 e. The highest BCUT2D eigenvalue weighted by Gasteiger charge is 2.42. The zero-order valence-electron chi connectivity index (χ0n) is 13.0. The Balaban J connectivity index is 2.73. The third kappa shape index (κ3) is 4.67. The summed E-state index contributed by atoms with van der Waals surface area (Å²) in [6.07, 6.45) is 0.694. The van der Waals surface area contributed by atoms with Crippen molar-refractivity contribution in [1.82, 2.24) is 4.90 Å². The number of amides is 1. The molecule has 1 fully saturated rings. The van der Waals surface area contributed by atoms with Gasteiger partial charge in [-0.3, -0.25) is 4.90 Å². The highest BCUT2D eigenvalue weighted by atomic mass is 16.6. The van der Waals surface area contributed by atoms with Crippen LogP contribution in [0.3, 0.4) is 0 Å². The molecule has 0 aromatic heterocycles. The maximum absolute atomic E-state index is 12.2. The van der Waals surface area contributed by atoms with Crippen LogP contribution in [-0.2, 0) is 19.0 Å². The maximum atomic E-state index is 12.2. The molecule has 1 amide bonds. The van der Waals surface area contributed by atoms with Gasteiger partial charge >= 0.3 is 12.1 Å². The Hall–Kier alpha value is -1.30. The summed E-state index contributed by atoms with van der Waals surface area (Å²) in [5.41, 5.74) is -0.597. The van der Waals surface area contributed by atoms with Crippen molar-refractivity contribution in [2.24, 2.45) is 0 Å². The van der Waals surface area contributed by atoms with E-state index in [0.717, 1.165) is 6.42 Å². The fourth-order valence-corrected chi connectivity index (χ4v) is 2.08. The summed E-state index contributed by atoms with van der Waals surface area (Å²) in [5, 5.41) is 0. The Morgan fingerprint density at radius 2 is 1.95 bits per heavy atom. The van der Waals surface area contributed by atoms with E-state index in [1.807, 2.05) is 6.92 Å². The zero-order chi connectivity index (χ0) is 15.3. The van der Waals surface area contributed by atoms with Gasteiger partial charge in [-0.05, 0) is 27.2 Å². The number of carbonyl (C=O) groups is 2. The molecule has 0 unspecified atom stereocenters. The zero-order valence-corrected chi connectivity index (χ0v) is 13.0. The minimum Gasteiger partial charge on any atom is -0.467 e. The lowest BCUT2D eigenvalue weighted by atomic mass is 10.2. The van der Waals surface area contributed by atoms with E-state index < -0.39 is 23.7 Å². The summed E-state index contributed by atoms with van der Waals surface area (Å²) < 4.78 is 15.7. The van der Waals surface area contributed by atoms with Gasteiger partial charge in [0.15, 0.2) is 0 Å². The molecule has 0 N–H and O–H groups in total. The van der Waals surface area contributed by atoms with Crippen LogP contribution in [-0.4, -0.2) is 55.0 Å². The molecule has 1 heterocycles. The topological polar surface area (TPSA) is 65.1 Å². The van der Waals surface area contributed by atoms with Crippen molar-refractivity contribution >= 4 is 12.1 Å². The minimum absolute atomic E-state index is 0.147. The van der Waals surface area contributed by atoms with Crippen LogP contribution in [0, 0.1) is 0 Å². The van der Waals surface area contributed by atoms with Crippen molar-refractivity contribution in [3.8, 4) is 0 Å². The number of hydrogen-bond donors (Lipinski definition) is 0. The normalized spacial score (nSPS) is 22.8. The molecule has 6 nitrogen and oxygen atoms in total. The van der Waals surface area contributed by atoms with E-state index >= 15 is 0 Å². The second-order valence-corrected chi connectivity index (χ2v) is 5.90. The molecule has 1 saturated heterocycles. The number of carbonyl (C=O) groups excluding carboxylic acids is 2. The van der Waals surface area contributed by atoms with Gasteiger partial charge < -0.3 is 14.2 Å². The quantitative estimate of drug-likeness (QED) is 0.740. The molecular formula is C14H25NO5. The Kier molecular flexibility index (Phi) is 5.80. The molecular weight excluding hydrogens is 262 g/mol. The van der Waals surface area contributed by atoms with Crippen molar-refractivity contribution in [3.63, 3.8) is 0 Å². The molecule has 20 heavy (non-hydrogen) atoms. The molecule has 6 heteroatoms. The fraction of sp³-hybridized carbons (Fsp3) is 0.857. The first kappa shape index (κ1) is 16.8. The molecule has 0 spiro atoms. The minimum atomic E-state index is -0.628. The van der Waals surface area contributed by atoms with Crippen LogP contribution in [0.15, 0.2) is 0 Å². The van der Waals surface area contributed by atoms with Crippen molar-refractivity contribution in [2.75, 3.05) is 20.3 Å². The summed E-state index contributed by atoms with van der Waals surface area (Å²) >= 11 is 0. The number of likely N-dealkylation sites (tertiary alicyclic amines) is 1. The first-order valence-electron chi connectivity index (χ1n) is 6.97. The number of hydrogen-bond acceptors (Lipinski definition) is 5. The summed E-state index contributed by atoms with van der Waals surface area (Å²) in [6, 6.07) is -0.628. The summed E-state index contributed by atoms with van der Waals surface area (Å²) in [5.74, 6) is -0.432. The molecule has 1 rings (SSSR count). The first-order valence-corrected chi connectivity index (χ1v) is 6.97. The molecule has 0 bridgehead atoms. The average Bonchev–Trinajstić information content (AvgIpc) is 2.77. The molecule has 1 aliphatic heterocycles. The van der Waals surface area contributed by atoms with E-state index in [4.69, 9.17) is 14.2 Å².